The number of esters is 2. The van der Waals surface area contributed by atoms with Crippen LogP contribution in [0.2, 0.25) is 0 Å². The van der Waals surface area contributed by atoms with Crippen molar-refractivity contribution in [3.05, 3.63) is 23.8 Å². The minimum atomic E-state index is -0.133. The first kappa shape index (κ1) is 23.8. The second kappa shape index (κ2) is 11.7. The van der Waals surface area contributed by atoms with E-state index in [2.05, 4.69) is 13.8 Å². The van der Waals surface area contributed by atoms with Gasteiger partial charge >= 0.3 is 11.9 Å². The van der Waals surface area contributed by atoms with Crippen molar-refractivity contribution in [2.75, 3.05) is 0 Å². The molecule has 0 unspecified atom stereocenters. The molecule has 31 heavy (non-hydrogen) atoms. The van der Waals surface area contributed by atoms with E-state index in [0.29, 0.717) is 17.4 Å². The molecular formula is C27H40O4. The number of hydrogen-bond acceptors (Lipinski definition) is 4. The van der Waals surface area contributed by atoms with Crippen molar-refractivity contribution in [2.24, 2.45) is 23.7 Å². The first-order valence-corrected chi connectivity index (χ1v) is 12.5. The van der Waals surface area contributed by atoms with Gasteiger partial charge in [0.05, 0.1) is 11.8 Å². The fraction of sp³-hybridized carbons (Fsp3) is 0.704. The molecule has 1 aromatic carbocycles. The highest BCUT2D eigenvalue weighted by Gasteiger charge is 2.28. The van der Waals surface area contributed by atoms with Gasteiger partial charge in [-0.3, -0.25) is 9.59 Å². The number of carbonyl (C=O) groups is 2. The van der Waals surface area contributed by atoms with Crippen LogP contribution in [0, 0.1) is 30.6 Å². The smallest absolute Gasteiger partial charge is 0.314 e. The summed E-state index contributed by atoms with van der Waals surface area (Å²) in [4.78, 5) is 25.1. The summed E-state index contributed by atoms with van der Waals surface area (Å²) in [5.41, 5.74) is 0.823. The van der Waals surface area contributed by atoms with Gasteiger partial charge in [0.25, 0.3) is 0 Å². The number of benzene rings is 1. The van der Waals surface area contributed by atoms with Gasteiger partial charge in [0, 0.05) is 0 Å². The molecule has 0 saturated heterocycles. The summed E-state index contributed by atoms with van der Waals surface area (Å²) in [5, 5.41) is 0. The minimum Gasteiger partial charge on any atom is -0.426 e. The van der Waals surface area contributed by atoms with Crippen molar-refractivity contribution in [1.82, 2.24) is 0 Å². The predicted octanol–water partition coefficient (Wildman–Crippen LogP) is 7.02. The van der Waals surface area contributed by atoms with Crippen LogP contribution in [0.5, 0.6) is 11.5 Å². The number of hydrogen-bond donors (Lipinski definition) is 0. The summed E-state index contributed by atoms with van der Waals surface area (Å²) >= 11 is 0. The zero-order valence-electron chi connectivity index (χ0n) is 19.7. The Labute approximate surface area is 188 Å². The van der Waals surface area contributed by atoms with Crippen LogP contribution in [0.1, 0.15) is 96.5 Å². The molecule has 0 atom stereocenters. The summed E-state index contributed by atoms with van der Waals surface area (Å²) in [6.07, 6.45) is 13.3. The summed E-state index contributed by atoms with van der Waals surface area (Å²) in [5.74, 6) is 2.35. The first-order valence-electron chi connectivity index (χ1n) is 12.5. The maximum atomic E-state index is 12.7. The Morgan fingerprint density at radius 2 is 1.48 bits per heavy atom. The fourth-order valence-electron chi connectivity index (χ4n) is 5.06. The highest BCUT2D eigenvalue weighted by molar-refractivity contribution is 5.76. The lowest BCUT2D eigenvalue weighted by molar-refractivity contribution is -0.141. The van der Waals surface area contributed by atoms with Gasteiger partial charge in [0.2, 0.25) is 0 Å². The van der Waals surface area contributed by atoms with E-state index in [-0.39, 0.29) is 23.8 Å². The molecule has 2 aliphatic rings. The highest BCUT2D eigenvalue weighted by atomic mass is 16.5. The van der Waals surface area contributed by atoms with Gasteiger partial charge in [0.15, 0.2) is 0 Å². The van der Waals surface area contributed by atoms with Crippen molar-refractivity contribution in [3.8, 4) is 11.5 Å². The molecule has 172 valence electrons. The lowest BCUT2D eigenvalue weighted by atomic mass is 9.80. The molecule has 4 heteroatoms. The molecule has 2 fully saturated rings. The maximum Gasteiger partial charge on any atom is 0.314 e. The molecule has 0 N–H and O–H groups in total. The zero-order valence-corrected chi connectivity index (χ0v) is 19.7. The molecule has 2 aliphatic carbocycles. The van der Waals surface area contributed by atoms with Crippen molar-refractivity contribution >= 4 is 11.9 Å². The van der Waals surface area contributed by atoms with E-state index in [0.717, 1.165) is 62.8 Å². The second-order valence-electron chi connectivity index (χ2n) is 9.94. The van der Waals surface area contributed by atoms with Crippen molar-refractivity contribution in [2.45, 2.75) is 97.8 Å². The van der Waals surface area contributed by atoms with Crippen LogP contribution in [0.25, 0.3) is 0 Å². The Bertz CT molecular complexity index is 725. The molecule has 2 saturated carbocycles. The largest absolute Gasteiger partial charge is 0.426 e. The van der Waals surface area contributed by atoms with Gasteiger partial charge < -0.3 is 9.47 Å². The van der Waals surface area contributed by atoms with E-state index >= 15 is 0 Å². The Balaban J connectivity index is 1.47. The third kappa shape index (κ3) is 7.08. The summed E-state index contributed by atoms with van der Waals surface area (Å²) < 4.78 is 11.3. The molecule has 4 nitrogen and oxygen atoms in total. The Hall–Kier alpha value is -1.84. The summed E-state index contributed by atoms with van der Waals surface area (Å²) in [6, 6.07) is 5.30. The number of carbonyl (C=O) groups excluding carboxylic acids is 2. The lowest BCUT2D eigenvalue weighted by Crippen LogP contribution is -2.26. The Kier molecular flexibility index (Phi) is 8.98. The quantitative estimate of drug-likeness (QED) is 0.254. The van der Waals surface area contributed by atoms with Gasteiger partial charge in [-0.1, -0.05) is 39.5 Å². The van der Waals surface area contributed by atoms with Gasteiger partial charge in [0.1, 0.15) is 11.5 Å². The van der Waals surface area contributed by atoms with Crippen LogP contribution in [0.4, 0.5) is 0 Å². The summed E-state index contributed by atoms with van der Waals surface area (Å²) in [7, 11) is 0. The monoisotopic (exact) mass is 428 g/mol. The van der Waals surface area contributed by atoms with Crippen LogP contribution in [0.3, 0.4) is 0 Å². The molecule has 0 aromatic heterocycles. The van der Waals surface area contributed by atoms with Gasteiger partial charge in [-0.05, 0) is 93.9 Å². The number of unbranched alkanes of at least 4 members (excludes halogenated alkanes) is 2. The Morgan fingerprint density at radius 1 is 0.871 bits per heavy atom. The SMILES string of the molecule is CCCCCC1CCC(C(=O)Oc2ccc(OC(=O)C3CCC(C)CC3)cc2C)CC1. The van der Waals surface area contributed by atoms with E-state index in [1.165, 1.54) is 25.7 Å². The van der Waals surface area contributed by atoms with Crippen molar-refractivity contribution in [1.29, 1.82) is 0 Å². The normalized spacial score (nSPS) is 26.3. The van der Waals surface area contributed by atoms with Crippen LogP contribution >= 0.6 is 0 Å². The van der Waals surface area contributed by atoms with Crippen LogP contribution < -0.4 is 9.47 Å². The van der Waals surface area contributed by atoms with E-state index in [1.54, 1.807) is 18.2 Å². The average Bonchev–Trinajstić information content (AvgIpc) is 2.76. The first-order chi connectivity index (χ1) is 15.0. The molecule has 1 aromatic rings. The predicted molar refractivity (Wildman–Crippen MR) is 123 cm³/mol. The molecule has 0 radical (unpaired) electrons. The van der Waals surface area contributed by atoms with E-state index in [9.17, 15) is 9.59 Å². The molecule has 0 spiro atoms. The molecule has 0 aliphatic heterocycles. The van der Waals surface area contributed by atoms with Crippen molar-refractivity contribution in [3.63, 3.8) is 0 Å². The topological polar surface area (TPSA) is 52.6 Å². The lowest BCUT2D eigenvalue weighted by Gasteiger charge is -2.27. The van der Waals surface area contributed by atoms with Crippen LogP contribution in [0.15, 0.2) is 18.2 Å². The standard InChI is InChI=1S/C27H40O4/c1-4-5-6-7-21-10-14-23(15-11-21)27(29)31-25-17-16-24(18-20(25)3)30-26(28)22-12-8-19(2)9-13-22/h16-19,21-23H,4-15H2,1-3H3. The molecule has 3 rings (SSSR count). The van der Waals surface area contributed by atoms with Crippen molar-refractivity contribution < 1.29 is 19.1 Å². The molecule has 0 bridgehead atoms. The van der Waals surface area contributed by atoms with E-state index in [4.69, 9.17) is 9.47 Å². The minimum absolute atomic E-state index is 0.00566. The van der Waals surface area contributed by atoms with E-state index < -0.39 is 0 Å². The summed E-state index contributed by atoms with van der Waals surface area (Å²) in [6.45, 7) is 6.37. The van der Waals surface area contributed by atoms with Crippen LogP contribution in [-0.4, -0.2) is 11.9 Å². The maximum absolute atomic E-state index is 12.7. The highest BCUT2D eigenvalue weighted by Crippen LogP contribution is 2.34. The van der Waals surface area contributed by atoms with Gasteiger partial charge in [-0.2, -0.15) is 0 Å². The Morgan fingerprint density at radius 3 is 2.10 bits per heavy atom. The van der Waals surface area contributed by atoms with Gasteiger partial charge in [-0.25, -0.2) is 0 Å². The third-order valence-electron chi connectivity index (χ3n) is 7.32. The van der Waals surface area contributed by atoms with E-state index in [1.807, 2.05) is 6.92 Å². The number of ether oxygens (including phenoxy) is 2. The fourth-order valence-corrected chi connectivity index (χ4v) is 5.06. The molecule has 0 amide bonds. The van der Waals surface area contributed by atoms with Crippen LogP contribution in [-0.2, 0) is 9.59 Å². The zero-order chi connectivity index (χ0) is 22.2. The third-order valence-corrected chi connectivity index (χ3v) is 7.32. The average molecular weight is 429 g/mol. The number of aryl methyl sites for hydroxylation is 1. The number of rotatable bonds is 8. The molecule has 0 heterocycles. The molecular weight excluding hydrogens is 388 g/mol. The second-order valence-corrected chi connectivity index (χ2v) is 9.94. The van der Waals surface area contributed by atoms with Gasteiger partial charge in [-0.15, -0.1) is 0 Å².